The molecule has 2 aliphatic rings. The minimum atomic E-state index is -0.518. The molecule has 12 rings (SSSR count). The number of nitrogens with zero attached hydrogens (tertiary/aromatic N) is 1. The number of hydrogen-bond donors (Lipinski definition) is 0. The van der Waals surface area contributed by atoms with E-state index < -0.39 is 5.41 Å². The quantitative estimate of drug-likeness (QED) is 0.182. The van der Waals surface area contributed by atoms with Crippen molar-refractivity contribution in [3.05, 3.63) is 222 Å². The van der Waals surface area contributed by atoms with Gasteiger partial charge in [-0.2, -0.15) is 0 Å². The number of anilines is 3. The van der Waals surface area contributed by atoms with Gasteiger partial charge in [0.15, 0.2) is 0 Å². The first-order valence-corrected chi connectivity index (χ1v) is 19.0. The average molecular weight is 700 g/mol. The van der Waals surface area contributed by atoms with Crippen LogP contribution in [0, 0.1) is 0 Å². The highest BCUT2D eigenvalue weighted by atomic mass is 16.3. The standard InChI is InChI=1S/C53H33NO/c1-3-13-34(14-4-1)35-23-27-38(28-24-35)54(37-15-5-2-6-16-37)39-29-31-44-48(33-39)53(45-20-10-7-17-40(45)41-18-8-11-21-46(41)53)47-32-26-36-25-30-43-42-19-9-12-22-49(42)55-52(43)50(36)51(44)47/h1-33H. The van der Waals surface area contributed by atoms with Crippen LogP contribution in [0.5, 0.6) is 0 Å². The summed E-state index contributed by atoms with van der Waals surface area (Å²) in [5.41, 5.74) is 17.4. The number of rotatable bonds is 4. The number of benzene rings is 9. The van der Waals surface area contributed by atoms with E-state index in [-0.39, 0.29) is 0 Å². The highest BCUT2D eigenvalue weighted by Gasteiger charge is 2.52. The summed E-state index contributed by atoms with van der Waals surface area (Å²) in [7, 11) is 0. The molecule has 9 aromatic carbocycles. The van der Waals surface area contributed by atoms with Crippen molar-refractivity contribution in [1.29, 1.82) is 0 Å². The molecule has 0 saturated carbocycles. The average Bonchev–Trinajstić information content (AvgIpc) is 3.89. The number of furan rings is 1. The van der Waals surface area contributed by atoms with Gasteiger partial charge >= 0.3 is 0 Å². The molecule has 0 saturated heterocycles. The fraction of sp³-hybridized carbons (Fsp3) is 0.0189. The summed E-state index contributed by atoms with van der Waals surface area (Å²) in [4.78, 5) is 2.40. The van der Waals surface area contributed by atoms with Crippen LogP contribution >= 0.6 is 0 Å². The van der Waals surface area contributed by atoms with Gasteiger partial charge in [-0.15, -0.1) is 0 Å². The van der Waals surface area contributed by atoms with Crippen molar-refractivity contribution < 1.29 is 4.42 Å². The predicted molar refractivity (Wildman–Crippen MR) is 228 cm³/mol. The van der Waals surface area contributed by atoms with Gasteiger partial charge in [0.2, 0.25) is 0 Å². The van der Waals surface area contributed by atoms with Crippen molar-refractivity contribution in [3.63, 3.8) is 0 Å². The molecule has 0 bridgehead atoms. The summed E-state index contributed by atoms with van der Waals surface area (Å²) < 4.78 is 6.81. The Labute approximate surface area is 319 Å². The van der Waals surface area contributed by atoms with Gasteiger partial charge in [-0.25, -0.2) is 0 Å². The Kier molecular flexibility index (Phi) is 6.29. The van der Waals surface area contributed by atoms with E-state index in [4.69, 9.17) is 4.42 Å². The third-order valence-electron chi connectivity index (χ3n) is 12.1. The first-order valence-electron chi connectivity index (χ1n) is 19.0. The molecule has 0 amide bonds. The van der Waals surface area contributed by atoms with Gasteiger partial charge in [0.25, 0.3) is 0 Å². The van der Waals surface area contributed by atoms with E-state index in [2.05, 4.69) is 205 Å². The lowest BCUT2D eigenvalue weighted by atomic mass is 9.70. The van der Waals surface area contributed by atoms with Crippen LogP contribution < -0.4 is 4.90 Å². The van der Waals surface area contributed by atoms with Gasteiger partial charge in [-0.1, -0.05) is 152 Å². The van der Waals surface area contributed by atoms with Gasteiger partial charge in [-0.05, 0) is 110 Å². The molecular weight excluding hydrogens is 667 g/mol. The van der Waals surface area contributed by atoms with Crippen LogP contribution in [0.25, 0.3) is 66.1 Å². The largest absolute Gasteiger partial charge is 0.455 e. The molecule has 1 heterocycles. The van der Waals surface area contributed by atoms with E-state index in [1.165, 1.54) is 66.4 Å². The maximum Gasteiger partial charge on any atom is 0.143 e. The highest BCUT2D eigenvalue weighted by Crippen LogP contribution is 2.64. The van der Waals surface area contributed by atoms with Crippen molar-refractivity contribution in [3.8, 4) is 33.4 Å². The fourth-order valence-corrected chi connectivity index (χ4v) is 9.80. The molecule has 0 unspecified atom stereocenters. The van der Waals surface area contributed by atoms with Gasteiger partial charge in [0, 0.05) is 33.2 Å². The summed E-state index contributed by atoms with van der Waals surface area (Å²) >= 11 is 0. The van der Waals surface area contributed by atoms with Gasteiger partial charge in [0.1, 0.15) is 11.2 Å². The van der Waals surface area contributed by atoms with Crippen LogP contribution in [-0.4, -0.2) is 0 Å². The first kappa shape index (κ1) is 30.3. The summed E-state index contributed by atoms with van der Waals surface area (Å²) in [6.45, 7) is 0. The minimum Gasteiger partial charge on any atom is -0.455 e. The molecule has 0 aliphatic heterocycles. The Balaban J connectivity index is 1.17. The molecule has 2 heteroatoms. The van der Waals surface area contributed by atoms with Crippen LogP contribution in [0.1, 0.15) is 22.3 Å². The third-order valence-corrected chi connectivity index (χ3v) is 12.1. The van der Waals surface area contributed by atoms with Crippen LogP contribution in [0.15, 0.2) is 205 Å². The van der Waals surface area contributed by atoms with E-state index in [0.29, 0.717) is 0 Å². The van der Waals surface area contributed by atoms with Crippen molar-refractivity contribution in [2.24, 2.45) is 0 Å². The lowest BCUT2D eigenvalue weighted by Gasteiger charge is -2.32. The van der Waals surface area contributed by atoms with Crippen LogP contribution in [-0.2, 0) is 5.41 Å². The zero-order valence-electron chi connectivity index (χ0n) is 29.9. The molecular formula is C53H33NO. The Hall–Kier alpha value is -7.16. The topological polar surface area (TPSA) is 16.4 Å². The summed E-state index contributed by atoms with van der Waals surface area (Å²) in [6.07, 6.45) is 0. The highest BCUT2D eigenvalue weighted by molar-refractivity contribution is 6.21. The molecule has 2 aliphatic carbocycles. The smallest absolute Gasteiger partial charge is 0.143 e. The maximum absolute atomic E-state index is 6.81. The number of hydrogen-bond acceptors (Lipinski definition) is 2. The molecule has 10 aromatic rings. The molecule has 0 radical (unpaired) electrons. The Morgan fingerprint density at radius 1 is 0.382 bits per heavy atom. The van der Waals surface area contributed by atoms with Crippen LogP contribution in [0.4, 0.5) is 17.1 Å². The molecule has 2 nitrogen and oxygen atoms in total. The summed E-state index contributed by atoms with van der Waals surface area (Å²) in [6, 6.07) is 73.1. The lowest BCUT2D eigenvalue weighted by Crippen LogP contribution is -2.26. The summed E-state index contributed by atoms with van der Waals surface area (Å²) in [5.74, 6) is 0. The van der Waals surface area contributed by atoms with Gasteiger partial charge in [-0.3, -0.25) is 0 Å². The van der Waals surface area contributed by atoms with Gasteiger partial charge < -0.3 is 9.32 Å². The molecule has 0 fully saturated rings. The SMILES string of the molecule is c1ccc(-c2ccc(N(c3ccccc3)c3ccc4c(c3)C3(c5ccccc5-c5ccccc53)c3ccc5ccc6c7ccccc7oc6c5c3-4)cc2)cc1. The van der Waals surface area contributed by atoms with Crippen molar-refractivity contribution in [2.75, 3.05) is 4.90 Å². The first-order chi connectivity index (χ1) is 27.3. The van der Waals surface area contributed by atoms with Gasteiger partial charge in [0.05, 0.1) is 5.41 Å². The zero-order valence-corrected chi connectivity index (χ0v) is 29.9. The second-order valence-electron chi connectivity index (χ2n) is 14.8. The lowest BCUT2D eigenvalue weighted by molar-refractivity contribution is 0.672. The van der Waals surface area contributed by atoms with Crippen LogP contribution in [0.3, 0.4) is 0 Å². The molecule has 1 spiro atoms. The Morgan fingerprint density at radius 2 is 0.982 bits per heavy atom. The molecule has 1 aromatic heterocycles. The second kappa shape index (κ2) is 11.4. The second-order valence-corrected chi connectivity index (χ2v) is 14.8. The minimum absolute atomic E-state index is 0.518. The zero-order chi connectivity index (χ0) is 36.1. The van der Waals surface area contributed by atoms with Crippen molar-refractivity contribution in [1.82, 2.24) is 0 Å². The third kappa shape index (κ3) is 4.14. The summed E-state index contributed by atoms with van der Waals surface area (Å²) in [5, 5.41) is 4.65. The Bertz CT molecular complexity index is 3090. The maximum atomic E-state index is 6.81. The Morgan fingerprint density at radius 3 is 1.75 bits per heavy atom. The molecule has 256 valence electrons. The van der Waals surface area contributed by atoms with E-state index in [9.17, 15) is 0 Å². The number of fused-ring (bicyclic) bond motifs is 16. The normalized spacial score (nSPS) is 13.2. The fourth-order valence-electron chi connectivity index (χ4n) is 9.80. The number of para-hydroxylation sites is 2. The van der Waals surface area contributed by atoms with E-state index in [1.807, 2.05) is 0 Å². The van der Waals surface area contributed by atoms with Crippen LogP contribution in [0.2, 0.25) is 0 Å². The molecule has 0 atom stereocenters. The molecule has 55 heavy (non-hydrogen) atoms. The van der Waals surface area contributed by atoms with E-state index in [0.717, 1.165) is 39.0 Å². The monoisotopic (exact) mass is 699 g/mol. The predicted octanol–water partition coefficient (Wildman–Crippen LogP) is 14.2. The van der Waals surface area contributed by atoms with Crippen molar-refractivity contribution >= 4 is 49.8 Å². The van der Waals surface area contributed by atoms with E-state index >= 15 is 0 Å². The van der Waals surface area contributed by atoms with E-state index in [1.54, 1.807) is 0 Å². The van der Waals surface area contributed by atoms with Crippen molar-refractivity contribution in [2.45, 2.75) is 5.41 Å². The molecule has 0 N–H and O–H groups in total.